The fourth-order valence-electron chi connectivity index (χ4n) is 2.93. The van der Waals surface area contributed by atoms with Gasteiger partial charge in [0.2, 0.25) is 0 Å². The molecule has 0 aliphatic heterocycles. The number of anilines is 1. The van der Waals surface area contributed by atoms with E-state index in [1.165, 1.54) is 28.9 Å². The number of carbonyl (C=O) groups is 1. The van der Waals surface area contributed by atoms with E-state index in [0.717, 1.165) is 12.8 Å². The zero-order valence-corrected chi connectivity index (χ0v) is 14.7. The number of aromatic nitrogens is 3. The van der Waals surface area contributed by atoms with Gasteiger partial charge < -0.3 is 5.32 Å². The number of benzene rings is 2. The SMILES string of the molecule is O=C(Nc1cc(C(F)(F)F)ccc1F)c1nnn(-c2ccc(F)cc2)c1C1CC1. The van der Waals surface area contributed by atoms with Gasteiger partial charge in [0.05, 0.1) is 22.6 Å². The second-order valence-corrected chi connectivity index (χ2v) is 6.63. The lowest BCUT2D eigenvalue weighted by Gasteiger charge is -2.11. The summed E-state index contributed by atoms with van der Waals surface area (Å²) >= 11 is 0. The molecule has 4 rings (SSSR count). The molecule has 1 N–H and O–H groups in total. The summed E-state index contributed by atoms with van der Waals surface area (Å²) in [4.78, 5) is 12.6. The molecule has 0 unspecified atom stereocenters. The highest BCUT2D eigenvalue weighted by Gasteiger charge is 2.35. The molecule has 3 aromatic rings. The Morgan fingerprint density at radius 1 is 1.07 bits per heavy atom. The Morgan fingerprint density at radius 3 is 2.38 bits per heavy atom. The Labute approximate surface area is 161 Å². The standard InChI is InChI=1S/C19H13F5N4O/c20-12-4-6-13(7-5-12)28-17(10-1-2-10)16(26-27-28)18(29)25-15-9-11(19(22,23)24)3-8-14(15)21/h3-10H,1-2H2,(H,25,29). The van der Waals surface area contributed by atoms with Crippen LogP contribution in [-0.2, 0) is 6.18 Å². The van der Waals surface area contributed by atoms with Crippen molar-refractivity contribution in [2.45, 2.75) is 24.9 Å². The van der Waals surface area contributed by atoms with Crippen molar-refractivity contribution in [1.29, 1.82) is 0 Å². The lowest BCUT2D eigenvalue weighted by molar-refractivity contribution is -0.137. The summed E-state index contributed by atoms with van der Waals surface area (Å²) in [5.74, 6) is -2.36. The molecule has 5 nitrogen and oxygen atoms in total. The molecule has 1 aromatic heterocycles. The molecule has 1 heterocycles. The van der Waals surface area contributed by atoms with Crippen LogP contribution in [0.4, 0.5) is 27.6 Å². The highest BCUT2D eigenvalue weighted by molar-refractivity contribution is 6.04. The molecule has 150 valence electrons. The summed E-state index contributed by atoms with van der Waals surface area (Å²) in [7, 11) is 0. The Hall–Kier alpha value is -3.30. The van der Waals surface area contributed by atoms with Gasteiger partial charge in [0, 0.05) is 5.92 Å². The van der Waals surface area contributed by atoms with E-state index >= 15 is 0 Å². The fraction of sp³-hybridized carbons (Fsp3) is 0.211. The molecule has 1 amide bonds. The van der Waals surface area contributed by atoms with Crippen LogP contribution >= 0.6 is 0 Å². The maximum absolute atomic E-state index is 14.0. The van der Waals surface area contributed by atoms with Gasteiger partial charge in [0.15, 0.2) is 5.69 Å². The molecule has 1 saturated carbocycles. The maximum atomic E-state index is 14.0. The number of carbonyl (C=O) groups excluding carboxylic acids is 1. The first-order chi connectivity index (χ1) is 13.7. The van der Waals surface area contributed by atoms with E-state index in [-0.39, 0.29) is 11.6 Å². The van der Waals surface area contributed by atoms with Gasteiger partial charge in [0.25, 0.3) is 5.91 Å². The van der Waals surface area contributed by atoms with Gasteiger partial charge >= 0.3 is 6.18 Å². The zero-order valence-electron chi connectivity index (χ0n) is 14.7. The van der Waals surface area contributed by atoms with Crippen LogP contribution in [0.3, 0.4) is 0 Å². The molecule has 10 heteroatoms. The van der Waals surface area contributed by atoms with Crippen molar-refractivity contribution in [2.75, 3.05) is 5.32 Å². The molecular weight excluding hydrogens is 395 g/mol. The van der Waals surface area contributed by atoms with E-state index in [9.17, 15) is 26.7 Å². The van der Waals surface area contributed by atoms with Gasteiger partial charge in [-0.1, -0.05) is 5.21 Å². The summed E-state index contributed by atoms with van der Waals surface area (Å²) in [5.41, 5.74) is -0.894. The predicted octanol–water partition coefficient (Wildman–Crippen LogP) is 4.69. The minimum absolute atomic E-state index is 0.0258. The van der Waals surface area contributed by atoms with Gasteiger partial charge in [0.1, 0.15) is 11.6 Å². The third kappa shape index (κ3) is 3.82. The van der Waals surface area contributed by atoms with Gasteiger partial charge in [-0.15, -0.1) is 5.10 Å². The number of rotatable bonds is 4. The Bertz CT molecular complexity index is 1070. The molecule has 0 spiro atoms. The number of hydrogen-bond acceptors (Lipinski definition) is 3. The fourth-order valence-corrected chi connectivity index (χ4v) is 2.93. The van der Waals surface area contributed by atoms with E-state index in [0.29, 0.717) is 29.6 Å². The Morgan fingerprint density at radius 2 is 1.76 bits per heavy atom. The number of amides is 1. The highest BCUT2D eigenvalue weighted by Crippen LogP contribution is 2.42. The first-order valence-electron chi connectivity index (χ1n) is 8.63. The quantitative estimate of drug-likeness (QED) is 0.637. The summed E-state index contributed by atoms with van der Waals surface area (Å²) < 4.78 is 67.1. The summed E-state index contributed by atoms with van der Waals surface area (Å²) in [5, 5.41) is 9.91. The molecule has 0 bridgehead atoms. The second kappa shape index (κ2) is 6.94. The van der Waals surface area contributed by atoms with Crippen LogP contribution in [0.5, 0.6) is 0 Å². The number of alkyl halides is 3. The highest BCUT2D eigenvalue weighted by atomic mass is 19.4. The minimum Gasteiger partial charge on any atom is -0.318 e. The van der Waals surface area contributed by atoms with Crippen molar-refractivity contribution in [2.24, 2.45) is 0 Å². The topological polar surface area (TPSA) is 59.8 Å². The van der Waals surface area contributed by atoms with E-state index < -0.39 is 35.0 Å². The van der Waals surface area contributed by atoms with E-state index in [4.69, 9.17) is 0 Å². The molecular formula is C19H13F5N4O. The average molecular weight is 408 g/mol. The normalized spacial score (nSPS) is 14.1. The number of hydrogen-bond donors (Lipinski definition) is 1. The summed E-state index contributed by atoms with van der Waals surface area (Å²) in [6.45, 7) is 0. The molecule has 1 aliphatic carbocycles. The van der Waals surface area contributed by atoms with Crippen molar-refractivity contribution < 1.29 is 26.7 Å². The molecule has 2 aromatic carbocycles. The van der Waals surface area contributed by atoms with Crippen LogP contribution in [0.15, 0.2) is 42.5 Å². The second-order valence-electron chi connectivity index (χ2n) is 6.63. The van der Waals surface area contributed by atoms with Crippen LogP contribution in [0.1, 0.15) is 40.5 Å². The van der Waals surface area contributed by atoms with Crippen LogP contribution in [0, 0.1) is 11.6 Å². The van der Waals surface area contributed by atoms with Crippen molar-refractivity contribution in [3.63, 3.8) is 0 Å². The van der Waals surface area contributed by atoms with Gasteiger partial charge in [-0.2, -0.15) is 13.2 Å². The molecule has 0 saturated heterocycles. The first-order valence-corrected chi connectivity index (χ1v) is 8.63. The summed E-state index contributed by atoms with van der Waals surface area (Å²) in [6.07, 6.45) is -3.14. The van der Waals surface area contributed by atoms with E-state index in [2.05, 4.69) is 15.6 Å². The lowest BCUT2D eigenvalue weighted by atomic mass is 10.1. The zero-order chi connectivity index (χ0) is 20.8. The first kappa shape index (κ1) is 19.0. The third-order valence-corrected chi connectivity index (χ3v) is 4.50. The van der Waals surface area contributed by atoms with E-state index in [1.54, 1.807) is 0 Å². The average Bonchev–Trinajstić information content (AvgIpc) is 3.41. The van der Waals surface area contributed by atoms with Crippen molar-refractivity contribution >= 4 is 11.6 Å². The molecule has 0 atom stereocenters. The number of nitrogens with one attached hydrogen (secondary N) is 1. The maximum Gasteiger partial charge on any atom is 0.416 e. The van der Waals surface area contributed by atoms with Crippen molar-refractivity contribution in [3.8, 4) is 5.69 Å². The lowest BCUT2D eigenvalue weighted by Crippen LogP contribution is -2.17. The minimum atomic E-state index is -4.68. The monoisotopic (exact) mass is 408 g/mol. The Balaban J connectivity index is 1.67. The smallest absolute Gasteiger partial charge is 0.318 e. The van der Waals surface area contributed by atoms with E-state index in [1.807, 2.05) is 0 Å². The largest absolute Gasteiger partial charge is 0.416 e. The number of nitrogens with zero attached hydrogens (tertiary/aromatic N) is 3. The third-order valence-electron chi connectivity index (χ3n) is 4.50. The van der Waals surface area contributed by atoms with Crippen LogP contribution in [0.2, 0.25) is 0 Å². The van der Waals surface area contributed by atoms with Crippen molar-refractivity contribution in [3.05, 3.63) is 71.1 Å². The van der Waals surface area contributed by atoms with Crippen LogP contribution in [-0.4, -0.2) is 20.9 Å². The molecule has 1 fully saturated rings. The molecule has 0 radical (unpaired) electrons. The number of halogens is 5. The van der Waals surface area contributed by atoms with Crippen LogP contribution in [0.25, 0.3) is 5.69 Å². The van der Waals surface area contributed by atoms with Crippen molar-refractivity contribution in [1.82, 2.24) is 15.0 Å². The molecule has 1 aliphatic rings. The van der Waals surface area contributed by atoms with Gasteiger partial charge in [-0.25, -0.2) is 13.5 Å². The predicted molar refractivity (Wildman–Crippen MR) is 92.6 cm³/mol. The van der Waals surface area contributed by atoms with Crippen LogP contribution < -0.4 is 5.32 Å². The summed E-state index contributed by atoms with van der Waals surface area (Å²) in [6, 6.07) is 7.13. The molecule has 29 heavy (non-hydrogen) atoms. The Kier molecular flexibility index (Phi) is 4.56. The van der Waals surface area contributed by atoms with Gasteiger partial charge in [-0.05, 0) is 55.3 Å². The van der Waals surface area contributed by atoms with Gasteiger partial charge in [-0.3, -0.25) is 4.79 Å².